The van der Waals surface area contributed by atoms with Crippen LogP contribution < -0.4 is 10.6 Å². The van der Waals surface area contributed by atoms with E-state index in [-0.39, 0.29) is 48.3 Å². The van der Waals surface area contributed by atoms with Crippen LogP contribution in [0.4, 0.5) is 13.2 Å². The maximum absolute atomic E-state index is 12.7. The molecule has 1 aromatic heterocycles. The Morgan fingerprint density at radius 1 is 1.28 bits per heavy atom. The number of halogens is 4. The average molecular weight is 549 g/mol. The number of ether oxygens (including phenoxy) is 1. The van der Waals surface area contributed by atoms with Crippen LogP contribution in [0.2, 0.25) is 0 Å². The first-order chi connectivity index (χ1) is 13.0. The van der Waals surface area contributed by atoms with Gasteiger partial charge in [0.2, 0.25) is 0 Å². The van der Waals surface area contributed by atoms with E-state index in [2.05, 4.69) is 53.2 Å². The molecule has 0 aliphatic carbocycles. The van der Waals surface area contributed by atoms with Crippen LogP contribution in [-0.4, -0.2) is 59.8 Å². The molecule has 2 heterocycles. The molecule has 0 saturated carbocycles. The summed E-state index contributed by atoms with van der Waals surface area (Å²) in [6.45, 7) is 13.5. The molecule has 2 N–H and O–H groups in total. The smallest absolute Gasteiger partial charge is 0.373 e. The summed E-state index contributed by atoms with van der Waals surface area (Å²) in [5, 5.41) is 7.80. The Hall–Kier alpha value is -0.660. The van der Waals surface area contributed by atoms with Crippen molar-refractivity contribution in [3.05, 3.63) is 16.1 Å². The highest BCUT2D eigenvalue weighted by atomic mass is 127. The highest BCUT2D eigenvalue weighted by molar-refractivity contribution is 14.0. The standard InChI is InChI=1S/C18H30F3N5OS.HI/c1-6-22-16(23-7-15-25-14(10-28-15)18(19,20)21)24-11-17(4,5)26-8-12(2)27-13(3)9-26;/h10,12-13H,6-9,11H2,1-5H3,(H2,22,23,24);1H. The highest BCUT2D eigenvalue weighted by Gasteiger charge is 2.34. The number of rotatable bonds is 6. The highest BCUT2D eigenvalue weighted by Crippen LogP contribution is 2.30. The number of hydrogen-bond donors (Lipinski definition) is 2. The first-order valence-corrected chi connectivity index (χ1v) is 10.3. The van der Waals surface area contributed by atoms with E-state index in [1.807, 2.05) is 6.92 Å². The average Bonchev–Trinajstić information content (AvgIpc) is 3.06. The number of hydrogen-bond acceptors (Lipinski definition) is 5. The van der Waals surface area contributed by atoms with Gasteiger partial charge >= 0.3 is 6.18 Å². The molecule has 6 nitrogen and oxygen atoms in total. The molecule has 0 radical (unpaired) electrons. The molecule has 1 aromatic rings. The van der Waals surface area contributed by atoms with Crippen LogP contribution in [0.15, 0.2) is 10.4 Å². The number of nitrogens with one attached hydrogen (secondary N) is 2. The normalized spacial score (nSPS) is 21.6. The second kappa shape index (κ2) is 11.1. The zero-order valence-electron chi connectivity index (χ0n) is 17.5. The fourth-order valence-electron chi connectivity index (χ4n) is 3.09. The minimum Gasteiger partial charge on any atom is -0.373 e. The molecule has 0 amide bonds. The molecule has 0 bridgehead atoms. The molecule has 2 rings (SSSR count). The summed E-state index contributed by atoms with van der Waals surface area (Å²) in [5.41, 5.74) is -0.995. The Bertz CT molecular complexity index is 658. The van der Waals surface area contributed by atoms with E-state index in [9.17, 15) is 13.2 Å². The van der Waals surface area contributed by atoms with Crippen LogP contribution in [0.25, 0.3) is 0 Å². The summed E-state index contributed by atoms with van der Waals surface area (Å²) in [5.74, 6) is 0.564. The molecule has 1 saturated heterocycles. The van der Waals surface area contributed by atoms with E-state index in [4.69, 9.17) is 4.74 Å². The Balaban J connectivity index is 0.00000420. The molecule has 1 fully saturated rings. The topological polar surface area (TPSA) is 61.8 Å². The Morgan fingerprint density at radius 2 is 1.90 bits per heavy atom. The second-order valence-electron chi connectivity index (χ2n) is 7.65. The zero-order chi connectivity index (χ0) is 20.9. The number of guanidine groups is 1. The number of morpholine rings is 1. The Kier molecular flexibility index (Phi) is 10.1. The summed E-state index contributed by atoms with van der Waals surface area (Å²) in [7, 11) is 0. The van der Waals surface area contributed by atoms with Gasteiger partial charge in [-0.25, -0.2) is 9.98 Å². The quantitative estimate of drug-likeness (QED) is 0.322. The van der Waals surface area contributed by atoms with E-state index in [1.54, 1.807) is 0 Å². The molecule has 1 aliphatic heterocycles. The number of alkyl halides is 3. The van der Waals surface area contributed by atoms with Gasteiger partial charge in [0.15, 0.2) is 11.7 Å². The van der Waals surface area contributed by atoms with Crippen molar-refractivity contribution in [3.8, 4) is 0 Å². The fraction of sp³-hybridized carbons (Fsp3) is 0.778. The van der Waals surface area contributed by atoms with Gasteiger partial charge < -0.3 is 15.4 Å². The van der Waals surface area contributed by atoms with Crippen molar-refractivity contribution in [1.82, 2.24) is 20.5 Å². The van der Waals surface area contributed by atoms with Crippen molar-refractivity contribution in [2.24, 2.45) is 4.99 Å². The lowest BCUT2D eigenvalue weighted by Gasteiger charge is -2.45. The molecular formula is C18H31F3IN5OS. The van der Waals surface area contributed by atoms with Crippen molar-refractivity contribution < 1.29 is 17.9 Å². The molecule has 0 aromatic carbocycles. The third kappa shape index (κ3) is 8.18. The summed E-state index contributed by atoms with van der Waals surface area (Å²) in [4.78, 5) is 10.4. The number of nitrogens with zero attached hydrogens (tertiary/aromatic N) is 3. The van der Waals surface area contributed by atoms with Crippen LogP contribution in [0.3, 0.4) is 0 Å². The van der Waals surface area contributed by atoms with Crippen LogP contribution in [0, 0.1) is 0 Å². The van der Waals surface area contributed by atoms with Gasteiger partial charge in [-0.15, -0.1) is 35.3 Å². The van der Waals surface area contributed by atoms with Crippen molar-refractivity contribution >= 4 is 41.3 Å². The number of aliphatic imine (C=N–C) groups is 1. The van der Waals surface area contributed by atoms with Gasteiger partial charge in [-0.1, -0.05) is 0 Å². The molecule has 168 valence electrons. The largest absolute Gasteiger partial charge is 0.434 e. The van der Waals surface area contributed by atoms with Gasteiger partial charge in [0.05, 0.1) is 18.8 Å². The lowest BCUT2D eigenvalue weighted by Crippen LogP contribution is -2.59. The lowest BCUT2D eigenvalue weighted by molar-refractivity contribution is -0.140. The summed E-state index contributed by atoms with van der Waals surface area (Å²) in [6.07, 6.45) is -4.06. The van der Waals surface area contributed by atoms with Crippen LogP contribution in [-0.2, 0) is 17.5 Å². The second-order valence-corrected chi connectivity index (χ2v) is 8.59. The number of thiazole rings is 1. The van der Waals surface area contributed by atoms with Crippen molar-refractivity contribution in [2.75, 3.05) is 26.2 Å². The fourth-order valence-corrected chi connectivity index (χ4v) is 3.81. The molecule has 29 heavy (non-hydrogen) atoms. The predicted octanol–water partition coefficient (Wildman–Crippen LogP) is 3.72. The molecule has 11 heteroatoms. The van der Waals surface area contributed by atoms with E-state index in [0.29, 0.717) is 24.1 Å². The minimum absolute atomic E-state index is 0. The lowest BCUT2D eigenvalue weighted by atomic mass is 10.00. The molecule has 2 atom stereocenters. The number of aromatic nitrogens is 1. The van der Waals surface area contributed by atoms with Crippen molar-refractivity contribution in [3.63, 3.8) is 0 Å². The Morgan fingerprint density at radius 3 is 2.41 bits per heavy atom. The van der Waals surface area contributed by atoms with Crippen LogP contribution in [0.5, 0.6) is 0 Å². The van der Waals surface area contributed by atoms with E-state index in [1.165, 1.54) is 0 Å². The summed E-state index contributed by atoms with van der Waals surface area (Å²) < 4.78 is 43.8. The maximum atomic E-state index is 12.7. The first-order valence-electron chi connectivity index (χ1n) is 9.45. The Labute approximate surface area is 191 Å². The van der Waals surface area contributed by atoms with Gasteiger partial charge in [-0.2, -0.15) is 13.2 Å². The van der Waals surface area contributed by atoms with Crippen LogP contribution in [0.1, 0.15) is 45.3 Å². The monoisotopic (exact) mass is 549 g/mol. The van der Waals surface area contributed by atoms with Crippen LogP contribution >= 0.6 is 35.3 Å². The molecule has 2 unspecified atom stereocenters. The first kappa shape index (κ1) is 26.4. The SMILES string of the molecule is CCNC(=NCc1nc(C(F)(F)F)cs1)NCC(C)(C)N1CC(C)OC(C)C1.I. The van der Waals surface area contributed by atoms with E-state index >= 15 is 0 Å². The molecule has 0 spiro atoms. The summed E-state index contributed by atoms with van der Waals surface area (Å²) >= 11 is 0.967. The molecule has 1 aliphatic rings. The van der Waals surface area contributed by atoms with E-state index in [0.717, 1.165) is 29.8 Å². The van der Waals surface area contributed by atoms with Gasteiger partial charge in [-0.3, -0.25) is 4.90 Å². The predicted molar refractivity (Wildman–Crippen MR) is 121 cm³/mol. The zero-order valence-corrected chi connectivity index (χ0v) is 20.6. The van der Waals surface area contributed by atoms with Gasteiger partial charge in [0.25, 0.3) is 0 Å². The van der Waals surface area contributed by atoms with Gasteiger partial charge in [-0.05, 0) is 34.6 Å². The molecular weight excluding hydrogens is 518 g/mol. The van der Waals surface area contributed by atoms with Gasteiger partial charge in [0.1, 0.15) is 5.01 Å². The summed E-state index contributed by atoms with van der Waals surface area (Å²) in [6, 6.07) is 0. The van der Waals surface area contributed by atoms with Crippen molar-refractivity contribution in [1.29, 1.82) is 0 Å². The maximum Gasteiger partial charge on any atom is 0.434 e. The third-order valence-electron chi connectivity index (χ3n) is 4.52. The van der Waals surface area contributed by atoms with E-state index < -0.39 is 11.9 Å². The van der Waals surface area contributed by atoms with Gasteiger partial charge in [0, 0.05) is 37.1 Å². The van der Waals surface area contributed by atoms with Crippen molar-refractivity contribution in [2.45, 2.75) is 65.1 Å². The minimum atomic E-state index is -4.42. The third-order valence-corrected chi connectivity index (χ3v) is 5.36.